The van der Waals surface area contributed by atoms with Crippen LogP contribution in [0.5, 0.6) is 0 Å². The lowest BCUT2D eigenvalue weighted by atomic mass is 9.79. The molecular weight excluding hydrogens is 288 g/mol. The Morgan fingerprint density at radius 1 is 0.913 bits per heavy atom. The van der Waals surface area contributed by atoms with Gasteiger partial charge in [-0.05, 0) is 73.1 Å². The highest BCUT2D eigenvalue weighted by atomic mass is 16.4. The van der Waals surface area contributed by atoms with Crippen molar-refractivity contribution in [3.05, 3.63) is 35.5 Å². The number of hydrogen-bond acceptors (Lipinski definition) is 3. The smallest absolute Gasteiger partial charge is 0.111 e. The van der Waals surface area contributed by atoms with Gasteiger partial charge in [0.1, 0.15) is 5.60 Å². The topological polar surface area (TPSA) is 60.7 Å². The first-order valence-corrected chi connectivity index (χ1v) is 8.64. The summed E-state index contributed by atoms with van der Waals surface area (Å²) < 4.78 is 0. The lowest BCUT2D eigenvalue weighted by molar-refractivity contribution is -0.104. The maximum Gasteiger partial charge on any atom is 0.111 e. The van der Waals surface area contributed by atoms with Gasteiger partial charge < -0.3 is 15.3 Å². The highest BCUT2D eigenvalue weighted by Gasteiger charge is 2.40. The van der Waals surface area contributed by atoms with E-state index < -0.39 is 16.8 Å². The van der Waals surface area contributed by atoms with Gasteiger partial charge in [-0.1, -0.05) is 35.5 Å². The molecule has 1 aliphatic rings. The van der Waals surface area contributed by atoms with Crippen LogP contribution in [0.15, 0.2) is 35.5 Å². The average molecular weight is 322 g/mol. The minimum Gasteiger partial charge on any atom is -0.387 e. The quantitative estimate of drug-likeness (QED) is 0.638. The summed E-state index contributed by atoms with van der Waals surface area (Å²) in [7, 11) is 0. The van der Waals surface area contributed by atoms with Gasteiger partial charge in [0.05, 0.1) is 11.2 Å². The van der Waals surface area contributed by atoms with E-state index in [-0.39, 0.29) is 0 Å². The Kier molecular flexibility index (Phi) is 6.81. The summed E-state index contributed by atoms with van der Waals surface area (Å²) in [5.41, 5.74) is -1.06. The molecule has 23 heavy (non-hydrogen) atoms. The van der Waals surface area contributed by atoms with Gasteiger partial charge in [-0.15, -0.1) is 0 Å². The molecule has 0 aromatic rings. The number of aliphatic hydroxyl groups is 3. The molecule has 3 heteroatoms. The molecule has 0 fully saturated rings. The van der Waals surface area contributed by atoms with E-state index in [1.54, 1.807) is 32.9 Å². The highest BCUT2D eigenvalue weighted by molar-refractivity contribution is 5.16. The molecule has 132 valence electrons. The number of allylic oxidation sites excluding steroid dienone is 4. The molecule has 0 bridgehead atoms. The zero-order valence-corrected chi connectivity index (χ0v) is 15.4. The second-order valence-electron chi connectivity index (χ2n) is 7.85. The Morgan fingerprint density at radius 3 is 2.09 bits per heavy atom. The van der Waals surface area contributed by atoms with Gasteiger partial charge in [-0.25, -0.2) is 0 Å². The van der Waals surface area contributed by atoms with Crippen molar-refractivity contribution in [2.24, 2.45) is 0 Å². The summed E-state index contributed by atoms with van der Waals surface area (Å²) in [6.45, 7) is 9.16. The van der Waals surface area contributed by atoms with E-state index in [0.717, 1.165) is 25.7 Å². The van der Waals surface area contributed by atoms with E-state index in [2.05, 4.69) is 26.0 Å². The molecule has 0 aliphatic heterocycles. The normalized spacial score (nSPS) is 37.9. The van der Waals surface area contributed by atoms with Crippen LogP contribution in [0.25, 0.3) is 0 Å². The molecule has 0 saturated heterocycles. The molecule has 1 rings (SSSR count). The van der Waals surface area contributed by atoms with Gasteiger partial charge in [0.2, 0.25) is 0 Å². The summed E-state index contributed by atoms with van der Waals surface area (Å²) in [6.07, 6.45) is 12.2. The van der Waals surface area contributed by atoms with E-state index in [0.29, 0.717) is 12.8 Å². The van der Waals surface area contributed by atoms with Crippen molar-refractivity contribution in [2.75, 3.05) is 0 Å². The third-order valence-corrected chi connectivity index (χ3v) is 4.85. The van der Waals surface area contributed by atoms with E-state index in [9.17, 15) is 15.3 Å². The van der Waals surface area contributed by atoms with Crippen molar-refractivity contribution in [1.29, 1.82) is 0 Å². The second kappa shape index (κ2) is 7.78. The highest BCUT2D eigenvalue weighted by Crippen LogP contribution is 2.31. The van der Waals surface area contributed by atoms with Crippen molar-refractivity contribution < 1.29 is 15.3 Å². The third kappa shape index (κ3) is 6.62. The van der Waals surface area contributed by atoms with Crippen LogP contribution >= 0.6 is 0 Å². The van der Waals surface area contributed by atoms with E-state index >= 15 is 0 Å². The molecule has 2 atom stereocenters. The van der Waals surface area contributed by atoms with Crippen molar-refractivity contribution in [1.82, 2.24) is 0 Å². The Morgan fingerprint density at radius 2 is 1.48 bits per heavy atom. The minimum absolute atomic E-state index is 0.431. The lowest BCUT2D eigenvalue weighted by Gasteiger charge is -2.37. The van der Waals surface area contributed by atoms with Crippen molar-refractivity contribution in [2.45, 2.75) is 89.9 Å². The van der Waals surface area contributed by atoms with Crippen molar-refractivity contribution in [3.8, 4) is 0 Å². The SMILES string of the molecule is C/C1=C\CC[C@](C)(O)/C=C/[C@@](O)(C(C)(C)O)CC/C(C)=C/CC1. The molecule has 0 saturated carbocycles. The Hall–Kier alpha value is -0.900. The minimum atomic E-state index is -1.36. The molecule has 1 aliphatic carbocycles. The Balaban J connectivity index is 3.10. The van der Waals surface area contributed by atoms with Crippen LogP contribution in [-0.4, -0.2) is 32.1 Å². The zero-order valence-electron chi connectivity index (χ0n) is 15.4. The first kappa shape index (κ1) is 20.1. The summed E-state index contributed by atoms with van der Waals surface area (Å²) in [6, 6.07) is 0. The maximum absolute atomic E-state index is 10.9. The summed E-state index contributed by atoms with van der Waals surface area (Å²) in [4.78, 5) is 0. The lowest BCUT2D eigenvalue weighted by Crippen LogP contribution is -2.49. The molecule has 0 radical (unpaired) electrons. The fraction of sp³-hybridized carbons (Fsp3) is 0.700. The standard InChI is InChI=1S/C20H34O3/c1-16-8-6-9-17(2)11-13-20(23,18(3,4)21)15-14-19(5,22)12-7-10-16/h9-10,14-15,21-23H,6-8,11-13H2,1-5H3/b15-14+,16-10+,17-9+/t19-,20+/m0/s1. The van der Waals surface area contributed by atoms with E-state index in [4.69, 9.17) is 0 Å². The van der Waals surface area contributed by atoms with Crippen molar-refractivity contribution in [3.63, 3.8) is 0 Å². The largest absolute Gasteiger partial charge is 0.387 e. The molecule has 0 amide bonds. The first-order chi connectivity index (χ1) is 10.5. The summed E-state index contributed by atoms with van der Waals surface area (Å²) >= 11 is 0. The number of hydrogen-bond donors (Lipinski definition) is 3. The Labute approximate surface area is 141 Å². The van der Waals surface area contributed by atoms with Crippen molar-refractivity contribution >= 4 is 0 Å². The van der Waals surface area contributed by atoms with Crippen LogP contribution in [0.1, 0.15) is 73.1 Å². The Bertz CT molecular complexity index is 478. The van der Waals surface area contributed by atoms with Gasteiger partial charge in [0.15, 0.2) is 0 Å². The monoisotopic (exact) mass is 322 g/mol. The van der Waals surface area contributed by atoms with E-state index in [1.807, 2.05) is 0 Å². The van der Waals surface area contributed by atoms with Gasteiger partial charge in [0.25, 0.3) is 0 Å². The van der Waals surface area contributed by atoms with Gasteiger partial charge >= 0.3 is 0 Å². The third-order valence-electron chi connectivity index (χ3n) is 4.85. The number of rotatable bonds is 1. The van der Waals surface area contributed by atoms with Crippen LogP contribution in [-0.2, 0) is 0 Å². The maximum atomic E-state index is 10.9. The summed E-state index contributed by atoms with van der Waals surface area (Å²) in [5.74, 6) is 0. The van der Waals surface area contributed by atoms with Crippen LogP contribution in [0.2, 0.25) is 0 Å². The van der Waals surface area contributed by atoms with Gasteiger partial charge in [0, 0.05) is 0 Å². The first-order valence-electron chi connectivity index (χ1n) is 8.64. The van der Waals surface area contributed by atoms with Crippen LogP contribution in [0.4, 0.5) is 0 Å². The molecule has 3 nitrogen and oxygen atoms in total. The molecule has 0 heterocycles. The summed E-state index contributed by atoms with van der Waals surface area (Å²) in [5, 5.41) is 31.8. The molecule has 0 spiro atoms. The van der Waals surface area contributed by atoms with E-state index in [1.165, 1.54) is 11.1 Å². The van der Waals surface area contributed by atoms with Crippen LogP contribution in [0, 0.1) is 0 Å². The predicted molar refractivity (Wildman–Crippen MR) is 96.2 cm³/mol. The second-order valence-corrected chi connectivity index (χ2v) is 7.85. The molecule has 0 aromatic carbocycles. The molecule has 0 aromatic heterocycles. The van der Waals surface area contributed by atoms with Gasteiger partial charge in [-0.2, -0.15) is 0 Å². The molecule has 3 N–H and O–H groups in total. The van der Waals surface area contributed by atoms with Crippen LogP contribution in [0.3, 0.4) is 0 Å². The zero-order chi connectivity index (χ0) is 17.7. The fourth-order valence-corrected chi connectivity index (χ4v) is 2.74. The van der Waals surface area contributed by atoms with Gasteiger partial charge in [-0.3, -0.25) is 0 Å². The molecule has 0 unspecified atom stereocenters. The van der Waals surface area contributed by atoms with Crippen LogP contribution < -0.4 is 0 Å². The fourth-order valence-electron chi connectivity index (χ4n) is 2.74. The molecular formula is C20H34O3. The predicted octanol–water partition coefficient (Wildman–Crippen LogP) is 4.04. The average Bonchev–Trinajstić information content (AvgIpc) is 2.41.